The zero-order valence-corrected chi connectivity index (χ0v) is 19.7. The topological polar surface area (TPSA) is 54.9 Å². The van der Waals surface area contributed by atoms with Crippen LogP contribution in [0.2, 0.25) is 0 Å². The molecule has 4 nitrogen and oxygen atoms in total. The Morgan fingerprint density at radius 1 is 0.789 bits per heavy atom. The first-order valence-corrected chi connectivity index (χ1v) is 11.8. The average molecular weight is 527 g/mol. The normalized spacial score (nSPS) is 12.2. The summed E-state index contributed by atoms with van der Waals surface area (Å²) < 4.78 is 82.6. The molecule has 0 fully saturated rings. The van der Waals surface area contributed by atoms with Gasteiger partial charge < -0.3 is 5.32 Å². The van der Waals surface area contributed by atoms with Crippen LogP contribution in [0.4, 0.5) is 32.2 Å². The van der Waals surface area contributed by atoms with Gasteiger partial charge in [0.1, 0.15) is 5.82 Å². The quantitative estimate of drug-likeness (QED) is 0.189. The molecule has 0 saturated carbocycles. The predicted octanol–water partition coefficient (Wildman–Crippen LogP) is 6.04. The summed E-state index contributed by atoms with van der Waals surface area (Å²) in [6.07, 6.45) is 0.614. The van der Waals surface area contributed by atoms with Crippen LogP contribution in [0.1, 0.15) is 28.1 Å². The number of rotatable bonds is 6. The number of halogens is 6. The second kappa shape index (κ2) is 10.3. The smallest absolute Gasteiger partial charge is 0.230 e. The monoisotopic (exact) mass is 527 g/mol. The van der Waals surface area contributed by atoms with E-state index in [1.165, 1.54) is 12.1 Å². The molecule has 0 aliphatic heterocycles. The molecule has 4 aromatic rings. The molecule has 1 aromatic heterocycles. The summed E-state index contributed by atoms with van der Waals surface area (Å²) in [7, 11) is 0. The SMILES string of the molecule is O=C(Cc1c(F)c(F)c(F)c(F)c1F)Nc1nc2c(nc1CCc1ccccc1)-c1ccc(F)cc1CC2. The minimum absolute atomic E-state index is 0.0270. The van der Waals surface area contributed by atoms with Crippen molar-refractivity contribution < 1.29 is 31.1 Å². The van der Waals surface area contributed by atoms with Gasteiger partial charge in [-0.3, -0.25) is 4.79 Å². The standard InChI is InChI=1S/C28H19F6N3O/c29-16-8-9-17-15(12-16)7-11-19-27(17)35-20(10-6-14-4-2-1-3-5-14)28(36-19)37-21(38)13-18-22(30)24(32)26(34)25(33)23(18)31/h1-5,8-9,12H,6-7,10-11,13H2,(H,36,37,38). The van der Waals surface area contributed by atoms with Crippen molar-refractivity contribution in [2.24, 2.45) is 0 Å². The summed E-state index contributed by atoms with van der Waals surface area (Å²) in [5.74, 6) is -12.1. The molecule has 1 amide bonds. The van der Waals surface area contributed by atoms with Gasteiger partial charge in [-0.2, -0.15) is 0 Å². The number of anilines is 1. The largest absolute Gasteiger partial charge is 0.309 e. The minimum Gasteiger partial charge on any atom is -0.309 e. The number of aromatic nitrogens is 2. The van der Waals surface area contributed by atoms with Crippen molar-refractivity contribution in [1.82, 2.24) is 9.97 Å². The van der Waals surface area contributed by atoms with Crippen LogP contribution in [-0.2, 0) is 36.9 Å². The van der Waals surface area contributed by atoms with E-state index >= 15 is 0 Å². The molecule has 5 rings (SSSR count). The first-order chi connectivity index (χ1) is 18.2. The Labute approximate surface area is 213 Å². The molecule has 194 valence electrons. The minimum atomic E-state index is -2.30. The predicted molar refractivity (Wildman–Crippen MR) is 127 cm³/mol. The lowest BCUT2D eigenvalue weighted by atomic mass is 9.91. The Balaban J connectivity index is 1.49. The van der Waals surface area contributed by atoms with Gasteiger partial charge in [-0.25, -0.2) is 36.3 Å². The van der Waals surface area contributed by atoms with Crippen molar-refractivity contribution in [2.75, 3.05) is 5.32 Å². The Morgan fingerprint density at radius 2 is 1.47 bits per heavy atom. The van der Waals surface area contributed by atoms with Crippen molar-refractivity contribution in [1.29, 1.82) is 0 Å². The van der Waals surface area contributed by atoms with E-state index in [-0.39, 0.29) is 11.6 Å². The number of hydrogen-bond acceptors (Lipinski definition) is 3. The molecule has 3 aromatic carbocycles. The Morgan fingerprint density at radius 3 is 2.18 bits per heavy atom. The van der Waals surface area contributed by atoms with Crippen molar-refractivity contribution in [3.05, 3.63) is 112 Å². The highest BCUT2D eigenvalue weighted by molar-refractivity contribution is 5.92. The maximum absolute atomic E-state index is 14.1. The fourth-order valence-corrected chi connectivity index (χ4v) is 4.47. The van der Waals surface area contributed by atoms with Crippen molar-refractivity contribution in [3.63, 3.8) is 0 Å². The second-order valence-corrected chi connectivity index (χ2v) is 8.87. The highest BCUT2D eigenvalue weighted by Gasteiger charge is 2.28. The summed E-state index contributed by atoms with van der Waals surface area (Å²) in [6, 6.07) is 13.8. The molecule has 0 radical (unpaired) electrons. The molecular weight excluding hydrogens is 508 g/mol. The Kier molecular flexibility index (Phi) is 6.88. The molecule has 0 atom stereocenters. The lowest BCUT2D eigenvalue weighted by Gasteiger charge is -2.21. The zero-order chi connectivity index (χ0) is 27.0. The highest BCUT2D eigenvalue weighted by atomic mass is 19.2. The van der Waals surface area contributed by atoms with Gasteiger partial charge >= 0.3 is 0 Å². The van der Waals surface area contributed by atoms with Gasteiger partial charge in [-0.15, -0.1) is 0 Å². The molecule has 0 unspecified atom stereocenters. The van der Waals surface area contributed by atoms with E-state index in [1.54, 1.807) is 6.07 Å². The summed E-state index contributed by atoms with van der Waals surface area (Å²) in [6.45, 7) is 0. The fourth-order valence-electron chi connectivity index (χ4n) is 4.47. The Bertz CT molecular complexity index is 1530. The second-order valence-electron chi connectivity index (χ2n) is 8.87. The number of carbonyl (C=O) groups is 1. The lowest BCUT2D eigenvalue weighted by molar-refractivity contribution is -0.115. The molecule has 0 bridgehead atoms. The van der Waals surface area contributed by atoms with E-state index < -0.39 is 47.0 Å². The summed E-state index contributed by atoms with van der Waals surface area (Å²) in [4.78, 5) is 22.0. The average Bonchev–Trinajstić information content (AvgIpc) is 2.92. The van der Waals surface area contributed by atoms with Crippen LogP contribution in [0.25, 0.3) is 11.3 Å². The van der Waals surface area contributed by atoms with Gasteiger partial charge in [0, 0.05) is 11.1 Å². The third-order valence-corrected chi connectivity index (χ3v) is 6.38. The number of nitrogens with zero attached hydrogens (tertiary/aromatic N) is 2. The van der Waals surface area contributed by atoms with Crippen LogP contribution < -0.4 is 5.32 Å². The molecule has 1 N–H and O–H groups in total. The van der Waals surface area contributed by atoms with Crippen LogP contribution in [0.3, 0.4) is 0 Å². The van der Waals surface area contributed by atoms with Crippen molar-refractivity contribution in [3.8, 4) is 11.3 Å². The van der Waals surface area contributed by atoms with Gasteiger partial charge in [0.2, 0.25) is 11.7 Å². The van der Waals surface area contributed by atoms with Gasteiger partial charge in [0.05, 0.1) is 23.5 Å². The molecule has 0 spiro atoms. The van der Waals surface area contributed by atoms with Crippen LogP contribution in [0, 0.1) is 34.9 Å². The van der Waals surface area contributed by atoms with Crippen molar-refractivity contribution >= 4 is 11.7 Å². The van der Waals surface area contributed by atoms with Crippen LogP contribution in [-0.4, -0.2) is 15.9 Å². The van der Waals surface area contributed by atoms with E-state index in [2.05, 4.69) is 10.3 Å². The van der Waals surface area contributed by atoms with Crippen LogP contribution >= 0.6 is 0 Å². The van der Waals surface area contributed by atoms with Gasteiger partial charge in [0.15, 0.2) is 29.1 Å². The molecule has 38 heavy (non-hydrogen) atoms. The number of nitrogens with one attached hydrogen (secondary N) is 1. The van der Waals surface area contributed by atoms with Gasteiger partial charge in [-0.1, -0.05) is 30.3 Å². The molecule has 1 heterocycles. The van der Waals surface area contributed by atoms with Crippen molar-refractivity contribution in [2.45, 2.75) is 32.1 Å². The number of carbonyl (C=O) groups excluding carboxylic acids is 1. The van der Waals surface area contributed by atoms with Gasteiger partial charge in [-0.05, 0) is 55.0 Å². The van der Waals surface area contributed by atoms with Crippen LogP contribution in [0.5, 0.6) is 0 Å². The maximum Gasteiger partial charge on any atom is 0.230 e. The first-order valence-electron chi connectivity index (χ1n) is 11.8. The number of aryl methyl sites for hydroxylation is 4. The molecular formula is C28H19F6N3O. The lowest BCUT2D eigenvalue weighted by Crippen LogP contribution is -2.22. The number of benzene rings is 3. The zero-order valence-electron chi connectivity index (χ0n) is 19.7. The number of fused-ring (bicyclic) bond motifs is 3. The molecule has 10 heteroatoms. The number of amides is 1. The summed E-state index contributed by atoms with van der Waals surface area (Å²) in [5, 5.41) is 2.44. The van der Waals surface area contributed by atoms with E-state index in [4.69, 9.17) is 4.98 Å². The Hall–Kier alpha value is -4.21. The van der Waals surface area contributed by atoms with E-state index in [0.29, 0.717) is 48.3 Å². The molecule has 0 saturated heterocycles. The first kappa shape index (κ1) is 25.4. The highest BCUT2D eigenvalue weighted by Crippen LogP contribution is 2.33. The van der Waals surface area contributed by atoms with E-state index in [9.17, 15) is 31.1 Å². The maximum atomic E-state index is 14.1. The summed E-state index contributed by atoms with van der Waals surface area (Å²) in [5.41, 5.74) is 2.63. The number of hydrogen-bond donors (Lipinski definition) is 1. The third kappa shape index (κ3) is 4.85. The van der Waals surface area contributed by atoms with Gasteiger partial charge in [0.25, 0.3) is 0 Å². The fraction of sp³-hybridized carbons (Fsp3) is 0.179. The summed E-state index contributed by atoms with van der Waals surface area (Å²) >= 11 is 0. The molecule has 1 aliphatic carbocycles. The third-order valence-electron chi connectivity index (χ3n) is 6.38. The van der Waals surface area contributed by atoms with Crippen LogP contribution in [0.15, 0.2) is 48.5 Å². The van der Waals surface area contributed by atoms with E-state index in [1.807, 2.05) is 30.3 Å². The molecule has 1 aliphatic rings. The van der Waals surface area contributed by atoms with E-state index in [0.717, 1.165) is 11.1 Å².